The van der Waals surface area contributed by atoms with Crippen LogP contribution in [0, 0.1) is 11.8 Å². The molecule has 3 N–H and O–H groups in total. The van der Waals surface area contributed by atoms with E-state index in [4.69, 9.17) is 16.7 Å². The molecule has 1 aromatic carbocycles. The molecule has 0 saturated carbocycles. The molecule has 0 bridgehead atoms. The maximum Gasteiger partial charge on any atom is 0.272 e. The van der Waals surface area contributed by atoms with Crippen molar-refractivity contribution in [2.24, 2.45) is 0 Å². The second-order valence-electron chi connectivity index (χ2n) is 4.04. The van der Waals surface area contributed by atoms with Crippen LogP contribution in [-0.4, -0.2) is 22.6 Å². The first-order valence-electron chi connectivity index (χ1n) is 6.04. The second kappa shape index (κ2) is 6.80. The van der Waals surface area contributed by atoms with Crippen LogP contribution >= 0.6 is 11.6 Å². The first-order valence-corrected chi connectivity index (χ1v) is 6.42. The van der Waals surface area contributed by atoms with E-state index in [1.165, 1.54) is 0 Å². The minimum absolute atomic E-state index is 0.0554. The van der Waals surface area contributed by atoms with Crippen LogP contribution in [0.3, 0.4) is 0 Å². The van der Waals surface area contributed by atoms with Gasteiger partial charge in [0.2, 0.25) is 0 Å². The zero-order chi connectivity index (χ0) is 14.4. The Bertz CT molecular complexity index is 651. The van der Waals surface area contributed by atoms with Crippen molar-refractivity contribution in [1.82, 2.24) is 4.98 Å². The van der Waals surface area contributed by atoms with Crippen LogP contribution in [-0.2, 0) is 0 Å². The normalized spacial score (nSPS) is 9.70. The standard InChI is InChI=1S/C15H13ClN2O2/c16-12-9-14(17-10-12)15(20)18-13-6-4-11(5-7-13)3-1-2-8-19/h4-7,9-10,17,19H,2,8H2,(H,18,20). The number of benzene rings is 1. The lowest BCUT2D eigenvalue weighted by atomic mass is 10.2. The number of anilines is 1. The van der Waals surface area contributed by atoms with Crippen LogP contribution in [0.15, 0.2) is 36.5 Å². The predicted molar refractivity (Wildman–Crippen MR) is 78.8 cm³/mol. The lowest BCUT2D eigenvalue weighted by molar-refractivity contribution is 0.102. The van der Waals surface area contributed by atoms with Gasteiger partial charge in [-0.1, -0.05) is 23.4 Å². The van der Waals surface area contributed by atoms with Crippen molar-refractivity contribution in [2.45, 2.75) is 6.42 Å². The van der Waals surface area contributed by atoms with Gasteiger partial charge in [-0.2, -0.15) is 0 Å². The smallest absolute Gasteiger partial charge is 0.272 e. The molecule has 20 heavy (non-hydrogen) atoms. The van der Waals surface area contributed by atoms with Gasteiger partial charge in [-0.15, -0.1) is 0 Å². The van der Waals surface area contributed by atoms with Gasteiger partial charge in [0.1, 0.15) is 5.69 Å². The zero-order valence-corrected chi connectivity index (χ0v) is 11.4. The van der Waals surface area contributed by atoms with E-state index in [2.05, 4.69) is 22.1 Å². The molecule has 0 saturated heterocycles. The van der Waals surface area contributed by atoms with E-state index >= 15 is 0 Å². The van der Waals surface area contributed by atoms with Crippen molar-refractivity contribution in [3.63, 3.8) is 0 Å². The summed E-state index contributed by atoms with van der Waals surface area (Å²) >= 11 is 5.74. The molecule has 0 spiro atoms. The predicted octanol–water partition coefficient (Wildman–Crippen LogP) is 2.65. The van der Waals surface area contributed by atoms with Gasteiger partial charge in [-0.25, -0.2) is 0 Å². The summed E-state index contributed by atoms with van der Waals surface area (Å²) in [6, 6.07) is 8.71. The average Bonchev–Trinajstić information content (AvgIpc) is 2.88. The molecule has 102 valence electrons. The topological polar surface area (TPSA) is 65.1 Å². The highest BCUT2D eigenvalue weighted by atomic mass is 35.5. The molecule has 2 rings (SSSR count). The summed E-state index contributed by atoms with van der Waals surface area (Å²) in [5.41, 5.74) is 1.91. The monoisotopic (exact) mass is 288 g/mol. The van der Waals surface area contributed by atoms with Gasteiger partial charge in [0.05, 0.1) is 11.6 Å². The largest absolute Gasteiger partial charge is 0.395 e. The first kappa shape index (κ1) is 14.2. The molecule has 0 radical (unpaired) electrons. The number of aromatic nitrogens is 1. The lowest BCUT2D eigenvalue weighted by Gasteiger charge is -2.03. The number of aliphatic hydroxyl groups excluding tert-OH is 1. The third kappa shape index (κ3) is 3.89. The van der Waals surface area contributed by atoms with Gasteiger partial charge in [0.25, 0.3) is 5.91 Å². The number of nitrogens with one attached hydrogen (secondary N) is 2. The summed E-state index contributed by atoms with van der Waals surface area (Å²) in [6.45, 7) is 0.0554. The van der Waals surface area contributed by atoms with Gasteiger partial charge in [0, 0.05) is 23.9 Å². The van der Waals surface area contributed by atoms with E-state index in [9.17, 15) is 4.79 Å². The summed E-state index contributed by atoms with van der Waals surface area (Å²) in [5, 5.41) is 11.9. The number of carbonyl (C=O) groups excluding carboxylic acids is 1. The molecule has 1 amide bonds. The molecule has 4 nitrogen and oxygen atoms in total. The highest BCUT2D eigenvalue weighted by Gasteiger charge is 2.07. The Morgan fingerprint density at radius 2 is 2.10 bits per heavy atom. The average molecular weight is 289 g/mol. The van der Waals surface area contributed by atoms with Crippen molar-refractivity contribution >= 4 is 23.2 Å². The maximum atomic E-state index is 11.9. The van der Waals surface area contributed by atoms with Crippen molar-refractivity contribution in [1.29, 1.82) is 0 Å². The number of hydrogen-bond donors (Lipinski definition) is 3. The summed E-state index contributed by atoms with van der Waals surface area (Å²) in [5.74, 6) is 5.49. The zero-order valence-electron chi connectivity index (χ0n) is 10.6. The van der Waals surface area contributed by atoms with E-state index in [1.807, 2.05) is 12.1 Å². The Balaban J connectivity index is 2.01. The molecule has 0 aliphatic heterocycles. The summed E-state index contributed by atoms with van der Waals surface area (Å²) in [7, 11) is 0. The SMILES string of the molecule is O=C(Nc1ccc(C#CCCO)cc1)c1cc(Cl)c[nH]1. The van der Waals surface area contributed by atoms with Crippen molar-refractivity contribution < 1.29 is 9.90 Å². The fourth-order valence-electron chi connectivity index (χ4n) is 1.55. The Morgan fingerprint density at radius 1 is 1.35 bits per heavy atom. The van der Waals surface area contributed by atoms with Gasteiger partial charge >= 0.3 is 0 Å². The van der Waals surface area contributed by atoms with Crippen molar-refractivity contribution in [3.8, 4) is 11.8 Å². The quantitative estimate of drug-likeness (QED) is 0.760. The third-order valence-corrected chi connectivity index (χ3v) is 2.72. The van der Waals surface area contributed by atoms with E-state index in [0.717, 1.165) is 5.56 Å². The van der Waals surface area contributed by atoms with E-state index < -0.39 is 0 Å². The first-order chi connectivity index (χ1) is 9.69. The number of halogens is 1. The van der Waals surface area contributed by atoms with Crippen LogP contribution in [0.2, 0.25) is 5.02 Å². The fraction of sp³-hybridized carbons (Fsp3) is 0.133. The van der Waals surface area contributed by atoms with Crippen LogP contribution in [0.25, 0.3) is 0 Å². The maximum absolute atomic E-state index is 11.9. The molecule has 0 fully saturated rings. The summed E-state index contributed by atoms with van der Waals surface area (Å²) in [6.07, 6.45) is 2.00. The molecule has 0 aliphatic rings. The Hall–Kier alpha value is -2.22. The van der Waals surface area contributed by atoms with Crippen LogP contribution in [0.4, 0.5) is 5.69 Å². The Labute approximate surface area is 121 Å². The minimum atomic E-state index is -0.254. The molecule has 1 heterocycles. The summed E-state index contributed by atoms with van der Waals surface area (Å²) in [4.78, 5) is 14.6. The van der Waals surface area contributed by atoms with Crippen molar-refractivity contribution in [3.05, 3.63) is 52.8 Å². The van der Waals surface area contributed by atoms with Gasteiger partial charge in [-0.05, 0) is 30.3 Å². The number of amides is 1. The molecule has 0 aliphatic carbocycles. The number of carbonyl (C=O) groups is 1. The second-order valence-corrected chi connectivity index (χ2v) is 4.47. The van der Waals surface area contributed by atoms with Gasteiger partial charge < -0.3 is 15.4 Å². The fourth-order valence-corrected chi connectivity index (χ4v) is 1.72. The van der Waals surface area contributed by atoms with E-state index in [1.54, 1.807) is 24.4 Å². The lowest BCUT2D eigenvalue weighted by Crippen LogP contribution is -2.11. The molecule has 0 atom stereocenters. The minimum Gasteiger partial charge on any atom is -0.395 e. The van der Waals surface area contributed by atoms with E-state index in [-0.39, 0.29) is 12.5 Å². The van der Waals surface area contributed by atoms with Crippen LogP contribution in [0.5, 0.6) is 0 Å². The number of H-pyrrole nitrogens is 1. The Kier molecular flexibility index (Phi) is 4.83. The molecule has 0 unspecified atom stereocenters. The van der Waals surface area contributed by atoms with Gasteiger partial charge in [-0.3, -0.25) is 4.79 Å². The highest BCUT2D eigenvalue weighted by molar-refractivity contribution is 6.31. The van der Waals surface area contributed by atoms with Crippen molar-refractivity contribution in [2.75, 3.05) is 11.9 Å². The van der Waals surface area contributed by atoms with Crippen LogP contribution in [0.1, 0.15) is 22.5 Å². The number of aliphatic hydroxyl groups is 1. The molecular weight excluding hydrogens is 276 g/mol. The number of rotatable bonds is 3. The van der Waals surface area contributed by atoms with Crippen LogP contribution < -0.4 is 5.32 Å². The highest BCUT2D eigenvalue weighted by Crippen LogP contribution is 2.13. The third-order valence-electron chi connectivity index (χ3n) is 2.50. The summed E-state index contributed by atoms with van der Waals surface area (Å²) < 4.78 is 0. The molecule has 2 aromatic rings. The molecular formula is C15H13ClN2O2. The Morgan fingerprint density at radius 3 is 2.70 bits per heavy atom. The molecule has 1 aromatic heterocycles. The number of hydrogen-bond acceptors (Lipinski definition) is 2. The molecule has 5 heteroatoms. The number of aromatic amines is 1. The van der Waals surface area contributed by atoms with Gasteiger partial charge in [0.15, 0.2) is 0 Å². The van der Waals surface area contributed by atoms with E-state index in [0.29, 0.717) is 22.8 Å².